The maximum atomic E-state index is 13.9. The molecule has 5 heteroatoms. The fourth-order valence-electron chi connectivity index (χ4n) is 3.82. The van der Waals surface area contributed by atoms with Gasteiger partial charge < -0.3 is 0 Å². The Hall–Kier alpha value is -2.52. The number of rotatable bonds is 5. The van der Waals surface area contributed by atoms with Crippen molar-refractivity contribution < 1.29 is 15.2 Å². The number of aryl methyl sites for hydroxylation is 3. The van der Waals surface area contributed by atoms with E-state index in [1.807, 2.05) is 135 Å². The minimum absolute atomic E-state index is 0.404. The number of benzene rings is 3. The minimum atomic E-state index is -6.02. The molecule has 3 aromatic rings. The van der Waals surface area contributed by atoms with Crippen LogP contribution < -0.4 is 9.81 Å². The molecule has 4 nitrogen and oxygen atoms in total. The van der Waals surface area contributed by atoms with Crippen molar-refractivity contribution in [2.75, 3.05) is 0 Å². The molecule has 0 atom stereocenters. The molecule has 36 heavy (non-hydrogen) atoms. The summed E-state index contributed by atoms with van der Waals surface area (Å²) >= 11 is -6.02. The second-order valence-corrected chi connectivity index (χ2v) is 26.6. The van der Waals surface area contributed by atoms with Crippen LogP contribution in [-0.4, -0.2) is 31.6 Å². The number of hydrogen-bond donors (Lipinski definition) is 0. The van der Waals surface area contributed by atoms with E-state index in [1.165, 1.54) is 0 Å². The third-order valence-corrected chi connectivity index (χ3v) is 24.7. The summed E-state index contributed by atoms with van der Waals surface area (Å²) in [6.07, 6.45) is 0. The van der Waals surface area contributed by atoms with E-state index in [9.17, 15) is 9.59 Å². The summed E-state index contributed by atoms with van der Waals surface area (Å²) in [6.45, 7) is 17.0. The van der Waals surface area contributed by atoms with Crippen molar-refractivity contribution in [3.63, 3.8) is 0 Å². The summed E-state index contributed by atoms with van der Waals surface area (Å²) < 4.78 is 16.0. The van der Waals surface area contributed by atoms with E-state index in [0.29, 0.717) is 0 Å². The first-order valence-electron chi connectivity index (χ1n) is 12.3. The van der Waals surface area contributed by atoms with Crippen LogP contribution in [0.5, 0.6) is 0 Å². The van der Waals surface area contributed by atoms with E-state index in [-0.39, 0.29) is 0 Å². The Morgan fingerprint density at radius 3 is 0.917 bits per heavy atom. The van der Waals surface area contributed by atoms with Crippen LogP contribution in [0, 0.1) is 31.6 Å². The summed E-state index contributed by atoms with van der Waals surface area (Å²) in [7, 11) is 0. The third-order valence-electron chi connectivity index (χ3n) is 6.25. The fourth-order valence-corrected chi connectivity index (χ4v) is 22.5. The summed E-state index contributed by atoms with van der Waals surface area (Å²) in [5, 5.41) is 0. The van der Waals surface area contributed by atoms with Crippen molar-refractivity contribution in [1.82, 2.24) is 0 Å². The zero-order valence-electron chi connectivity index (χ0n) is 23.0. The van der Waals surface area contributed by atoms with E-state index in [1.54, 1.807) is 0 Å². The first-order chi connectivity index (χ1) is 16.6. The van der Waals surface area contributed by atoms with Gasteiger partial charge in [0, 0.05) is 0 Å². The summed E-state index contributed by atoms with van der Waals surface area (Å²) in [5.74, 6) is -0.808. The number of hydrogen-bond acceptors (Lipinski definition) is 4. The normalized spacial score (nSPS) is 13.4. The molecule has 192 valence electrons. The molecule has 3 aromatic carbocycles. The summed E-state index contributed by atoms with van der Waals surface area (Å²) in [5.41, 5.74) is 1.56. The topological polar surface area (TPSA) is 52.6 Å². The van der Waals surface area contributed by atoms with Crippen LogP contribution in [0.25, 0.3) is 0 Å². The monoisotopic (exact) mass is 684 g/mol. The van der Waals surface area contributed by atoms with E-state index in [0.717, 1.165) is 26.5 Å². The Labute approximate surface area is 218 Å². The summed E-state index contributed by atoms with van der Waals surface area (Å²) in [6, 6.07) is 23.7. The predicted octanol–water partition coefficient (Wildman–Crippen LogP) is 5.21. The third kappa shape index (κ3) is 5.13. The van der Waals surface area contributed by atoms with Crippen LogP contribution in [0.4, 0.5) is 0 Å². The van der Waals surface area contributed by atoms with Gasteiger partial charge in [-0.2, -0.15) is 0 Å². The second-order valence-electron chi connectivity index (χ2n) is 11.7. The molecule has 0 fully saturated rings. The van der Waals surface area contributed by atoms with E-state index >= 15 is 0 Å². The van der Waals surface area contributed by atoms with Crippen molar-refractivity contribution in [1.29, 1.82) is 0 Å². The molecule has 0 aliphatic heterocycles. The maximum absolute atomic E-state index is 13.9. The first kappa shape index (κ1) is 28.1. The van der Waals surface area contributed by atoms with Crippen LogP contribution in [0.3, 0.4) is 0 Å². The first-order valence-corrected chi connectivity index (χ1v) is 20.4. The van der Waals surface area contributed by atoms with Crippen molar-refractivity contribution in [2.24, 2.45) is 10.8 Å². The van der Waals surface area contributed by atoms with Crippen molar-refractivity contribution in [3.05, 3.63) is 89.5 Å². The average Bonchev–Trinajstić information content (AvgIpc) is 2.78. The number of carbonyl (C=O) groups excluding carboxylic acids is 2. The zero-order valence-corrected chi connectivity index (χ0v) is 26.5. The Balaban J connectivity index is 2.62. The van der Waals surface area contributed by atoms with Gasteiger partial charge in [-0.25, -0.2) is 0 Å². The Morgan fingerprint density at radius 2 is 0.722 bits per heavy atom. The van der Waals surface area contributed by atoms with Gasteiger partial charge in [0.25, 0.3) is 0 Å². The Bertz CT molecular complexity index is 1100. The van der Waals surface area contributed by atoms with Crippen LogP contribution >= 0.6 is 0 Å². The van der Waals surface area contributed by atoms with Gasteiger partial charge in [-0.05, 0) is 0 Å². The van der Waals surface area contributed by atoms with Gasteiger partial charge >= 0.3 is 219 Å². The molecule has 0 spiro atoms. The molecule has 0 heterocycles. The Morgan fingerprint density at radius 1 is 0.500 bits per heavy atom. The molecular formula is C31H39BiO4. The molecule has 0 saturated carbocycles. The van der Waals surface area contributed by atoms with Crippen molar-refractivity contribution in [2.45, 2.75) is 62.3 Å². The van der Waals surface area contributed by atoms with E-state index in [4.69, 9.17) is 5.63 Å². The van der Waals surface area contributed by atoms with Gasteiger partial charge in [-0.15, -0.1) is 0 Å². The van der Waals surface area contributed by atoms with E-state index in [2.05, 4.69) is 0 Å². The molecule has 0 saturated heterocycles. The quantitative estimate of drug-likeness (QED) is 0.347. The van der Waals surface area contributed by atoms with Crippen molar-refractivity contribution in [3.8, 4) is 0 Å². The molecule has 0 aromatic heterocycles. The van der Waals surface area contributed by atoms with Crippen LogP contribution in [0.15, 0.2) is 72.8 Å². The SMILES string of the molecule is Cc1cc[c]([Bi]([O]C(=O)C(C)(C)C)([O]C(=O)C(C)(C)C)([c]2ccc(C)cc2)[c]2ccc(C)cc2)cc1. The molecule has 0 bridgehead atoms. The van der Waals surface area contributed by atoms with Gasteiger partial charge in [-0.1, -0.05) is 0 Å². The molecule has 0 amide bonds. The standard InChI is InChI=1S/3C7H7.2C5H10O2.Bi/c3*1-7-5-3-2-4-6-7;2*1-5(2,3)4(6)7;/h3*3-6H,1H3;2*1-3H3,(H,6,7);/q;;;;;+2/p-2. The molecule has 3 rings (SSSR count). The van der Waals surface area contributed by atoms with Crippen molar-refractivity contribution >= 4 is 41.4 Å². The molecular weight excluding hydrogens is 645 g/mol. The fraction of sp³-hybridized carbons (Fsp3) is 0.355. The van der Waals surface area contributed by atoms with Crippen LogP contribution in [0.2, 0.25) is 0 Å². The van der Waals surface area contributed by atoms with Crippen LogP contribution in [0.1, 0.15) is 58.2 Å². The van der Waals surface area contributed by atoms with Gasteiger partial charge in [0.05, 0.1) is 0 Å². The molecule has 0 aliphatic carbocycles. The Kier molecular flexibility index (Phi) is 7.59. The summed E-state index contributed by atoms with van der Waals surface area (Å²) in [4.78, 5) is 27.8. The average molecular weight is 685 g/mol. The predicted molar refractivity (Wildman–Crippen MR) is 149 cm³/mol. The zero-order chi connectivity index (χ0) is 27.0. The van der Waals surface area contributed by atoms with Gasteiger partial charge in [0.2, 0.25) is 0 Å². The van der Waals surface area contributed by atoms with Gasteiger partial charge in [-0.3, -0.25) is 0 Å². The van der Waals surface area contributed by atoms with E-state index < -0.39 is 42.4 Å². The molecule has 0 N–H and O–H groups in total. The van der Waals surface area contributed by atoms with Crippen LogP contribution in [-0.2, 0) is 15.2 Å². The van der Waals surface area contributed by atoms with Gasteiger partial charge in [0.1, 0.15) is 0 Å². The second kappa shape index (κ2) is 9.74. The molecule has 0 aliphatic rings. The van der Waals surface area contributed by atoms with Gasteiger partial charge in [0.15, 0.2) is 0 Å². The molecule has 0 unspecified atom stereocenters. The molecule has 0 radical (unpaired) electrons. The number of carbonyl (C=O) groups is 2.